The Balaban J connectivity index is 4.21. The maximum absolute atomic E-state index is 12.4. The highest BCUT2D eigenvalue weighted by molar-refractivity contribution is 5.69. The van der Waals surface area contributed by atoms with E-state index in [9.17, 15) is 9.59 Å². The molecule has 0 amide bonds. The molecule has 0 rings (SSSR count). The summed E-state index contributed by atoms with van der Waals surface area (Å²) in [6.45, 7) is 14.1. The van der Waals surface area contributed by atoms with Crippen molar-refractivity contribution in [2.45, 2.75) is 259 Å². The minimum Gasteiger partial charge on any atom is -0.466 e. The van der Waals surface area contributed by atoms with E-state index in [-0.39, 0.29) is 11.9 Å². The first kappa shape index (κ1) is 56.8. The molecule has 7 nitrogen and oxygen atoms in total. The Morgan fingerprint density at radius 1 is 0.397 bits per heavy atom. The fourth-order valence-corrected chi connectivity index (χ4v) is 8.21. The van der Waals surface area contributed by atoms with E-state index in [2.05, 4.69) is 38.3 Å². The first-order valence-electron chi connectivity index (χ1n) is 25.8. The van der Waals surface area contributed by atoms with Crippen molar-refractivity contribution in [2.75, 3.05) is 46.5 Å². The van der Waals surface area contributed by atoms with Gasteiger partial charge in [-0.15, -0.1) is 0 Å². The largest absolute Gasteiger partial charge is 0.466 e. The third-order valence-corrected chi connectivity index (χ3v) is 12.2. The number of ether oxygens (including phenoxy) is 3. The number of carbonyl (C=O) groups excluding carboxylic acids is 2. The van der Waals surface area contributed by atoms with Crippen molar-refractivity contribution in [1.29, 1.82) is 0 Å². The summed E-state index contributed by atoms with van der Waals surface area (Å²) >= 11 is 0. The molecule has 0 saturated heterocycles. The predicted octanol–water partition coefficient (Wildman–Crippen LogP) is 14.2. The van der Waals surface area contributed by atoms with E-state index in [0.717, 1.165) is 84.0 Å². The summed E-state index contributed by atoms with van der Waals surface area (Å²) in [5.74, 6) is 1.44. The van der Waals surface area contributed by atoms with Crippen LogP contribution in [0, 0.1) is 11.8 Å². The zero-order valence-electron chi connectivity index (χ0n) is 39.8. The van der Waals surface area contributed by atoms with Crippen LogP contribution in [-0.4, -0.2) is 64.5 Å². The summed E-state index contributed by atoms with van der Waals surface area (Å²) in [5, 5.41) is 6.68. The van der Waals surface area contributed by atoms with Gasteiger partial charge in [0.1, 0.15) is 0 Å². The van der Waals surface area contributed by atoms with Gasteiger partial charge in [-0.2, -0.15) is 0 Å². The Bertz CT molecular complexity index is 764. The molecule has 0 fully saturated rings. The molecular weight excluding hydrogens is 721 g/mol. The number of unbranched alkanes of at least 4 members (excludes halogenated alkanes) is 18. The Morgan fingerprint density at radius 3 is 1.17 bits per heavy atom. The third-order valence-electron chi connectivity index (χ3n) is 12.2. The lowest BCUT2D eigenvalue weighted by Gasteiger charge is -2.18. The van der Waals surface area contributed by atoms with Crippen LogP contribution >= 0.6 is 0 Å². The van der Waals surface area contributed by atoms with Gasteiger partial charge in [-0.05, 0) is 70.4 Å². The minimum atomic E-state index is 0.00266. The van der Waals surface area contributed by atoms with Gasteiger partial charge in [0.25, 0.3) is 0 Å². The average molecular weight is 823 g/mol. The van der Waals surface area contributed by atoms with Gasteiger partial charge >= 0.3 is 11.9 Å². The van der Waals surface area contributed by atoms with E-state index >= 15 is 0 Å². The number of carbonyl (C=O) groups is 2. The number of nitrogens with one attached hydrogen (secondary N) is 2. The van der Waals surface area contributed by atoms with Crippen molar-refractivity contribution < 1.29 is 23.8 Å². The molecular formula is C51H102N2O5. The number of rotatable bonds is 48. The van der Waals surface area contributed by atoms with Gasteiger partial charge in [0, 0.05) is 32.5 Å². The SMILES string of the molecule is CCCCCC(CCCCC)CCOC(=O)CCCCCCCCC(CCCCCCCCC(=O)OCCC(CCCCC)CCCCC)OCCCNCCNC. The number of esters is 2. The molecule has 2 N–H and O–H groups in total. The fraction of sp³-hybridized carbons (Fsp3) is 0.961. The standard InChI is InChI=1S/C51H102N2O5/c1-6-10-22-31-47(32-23-11-7-2)39-45-57-50(54)37-28-20-16-14-18-26-35-49(56-44-30-41-53-43-42-52-5)36-27-19-15-17-21-29-38-51(55)58-46-40-48(33-24-12-8-3)34-25-13-9-4/h47-49,52-53H,6-46H2,1-5H3. The molecule has 0 aliphatic rings. The van der Waals surface area contributed by atoms with E-state index in [4.69, 9.17) is 14.2 Å². The summed E-state index contributed by atoms with van der Waals surface area (Å²) in [6.07, 6.45) is 41.6. The van der Waals surface area contributed by atoms with Crippen molar-refractivity contribution in [1.82, 2.24) is 10.6 Å². The van der Waals surface area contributed by atoms with Gasteiger partial charge in [0.05, 0.1) is 19.3 Å². The molecule has 0 heterocycles. The molecule has 0 aliphatic carbocycles. The number of likely N-dealkylation sites (N-methyl/N-ethyl adjacent to an activating group) is 1. The van der Waals surface area contributed by atoms with Crippen LogP contribution in [0.1, 0.15) is 252 Å². The van der Waals surface area contributed by atoms with Gasteiger partial charge < -0.3 is 24.8 Å². The molecule has 0 spiro atoms. The molecule has 0 radical (unpaired) electrons. The summed E-state index contributed by atoms with van der Waals surface area (Å²) in [7, 11) is 1.99. The maximum atomic E-state index is 12.4. The second kappa shape index (κ2) is 46.9. The molecule has 346 valence electrons. The van der Waals surface area contributed by atoms with E-state index in [1.807, 2.05) is 7.05 Å². The van der Waals surface area contributed by atoms with Crippen molar-refractivity contribution in [3.8, 4) is 0 Å². The second-order valence-electron chi connectivity index (χ2n) is 17.8. The molecule has 7 heteroatoms. The van der Waals surface area contributed by atoms with Crippen molar-refractivity contribution >= 4 is 11.9 Å². The summed E-state index contributed by atoms with van der Waals surface area (Å²) in [4.78, 5) is 24.8. The van der Waals surface area contributed by atoms with Crippen LogP contribution in [0.5, 0.6) is 0 Å². The van der Waals surface area contributed by atoms with E-state index in [1.54, 1.807) is 0 Å². The molecule has 0 atom stereocenters. The van der Waals surface area contributed by atoms with Crippen molar-refractivity contribution in [3.63, 3.8) is 0 Å². The van der Waals surface area contributed by atoms with E-state index in [1.165, 1.54) is 154 Å². The zero-order chi connectivity index (χ0) is 42.4. The second-order valence-corrected chi connectivity index (χ2v) is 17.8. The van der Waals surface area contributed by atoms with E-state index in [0.29, 0.717) is 44.0 Å². The van der Waals surface area contributed by atoms with E-state index < -0.39 is 0 Å². The Labute approximate surface area is 362 Å². The third kappa shape index (κ3) is 41.5. The van der Waals surface area contributed by atoms with Crippen LogP contribution in [0.2, 0.25) is 0 Å². The Kier molecular flexibility index (Phi) is 45.9. The van der Waals surface area contributed by atoms with Crippen molar-refractivity contribution in [2.24, 2.45) is 11.8 Å². The summed E-state index contributed by atoms with van der Waals surface area (Å²) in [6, 6.07) is 0. The molecule has 0 aromatic carbocycles. The topological polar surface area (TPSA) is 85.9 Å². The zero-order valence-corrected chi connectivity index (χ0v) is 39.8. The maximum Gasteiger partial charge on any atom is 0.305 e. The summed E-state index contributed by atoms with van der Waals surface area (Å²) < 4.78 is 17.7. The molecule has 0 saturated carbocycles. The van der Waals surface area contributed by atoms with Gasteiger partial charge in [-0.1, -0.05) is 195 Å². The molecule has 0 aliphatic heterocycles. The van der Waals surface area contributed by atoms with Crippen LogP contribution in [0.3, 0.4) is 0 Å². The predicted molar refractivity (Wildman–Crippen MR) is 250 cm³/mol. The van der Waals surface area contributed by atoms with Crippen molar-refractivity contribution in [3.05, 3.63) is 0 Å². The first-order chi connectivity index (χ1) is 28.5. The normalized spacial score (nSPS) is 11.7. The monoisotopic (exact) mass is 823 g/mol. The smallest absolute Gasteiger partial charge is 0.305 e. The van der Waals surface area contributed by atoms with Crippen LogP contribution in [0.15, 0.2) is 0 Å². The molecule has 0 bridgehead atoms. The molecule has 58 heavy (non-hydrogen) atoms. The Hall–Kier alpha value is -1.18. The highest BCUT2D eigenvalue weighted by Gasteiger charge is 2.13. The fourth-order valence-electron chi connectivity index (χ4n) is 8.21. The first-order valence-corrected chi connectivity index (χ1v) is 25.8. The molecule has 0 aromatic rings. The van der Waals surface area contributed by atoms with Gasteiger partial charge in [0.2, 0.25) is 0 Å². The number of hydrogen-bond acceptors (Lipinski definition) is 7. The average Bonchev–Trinajstić information content (AvgIpc) is 3.22. The highest BCUT2D eigenvalue weighted by atomic mass is 16.5. The van der Waals surface area contributed by atoms with Crippen LogP contribution in [-0.2, 0) is 23.8 Å². The lowest BCUT2D eigenvalue weighted by molar-refractivity contribution is -0.145. The Morgan fingerprint density at radius 2 is 0.776 bits per heavy atom. The number of hydrogen-bond donors (Lipinski definition) is 2. The highest BCUT2D eigenvalue weighted by Crippen LogP contribution is 2.23. The molecule has 0 unspecified atom stereocenters. The van der Waals surface area contributed by atoms with Gasteiger partial charge in [-0.3, -0.25) is 9.59 Å². The minimum absolute atomic E-state index is 0.00266. The lowest BCUT2D eigenvalue weighted by Crippen LogP contribution is -2.26. The summed E-state index contributed by atoms with van der Waals surface area (Å²) in [5.41, 5.74) is 0. The molecule has 0 aromatic heterocycles. The van der Waals surface area contributed by atoms with Crippen LogP contribution < -0.4 is 10.6 Å². The van der Waals surface area contributed by atoms with Gasteiger partial charge in [0.15, 0.2) is 0 Å². The van der Waals surface area contributed by atoms with Crippen LogP contribution in [0.4, 0.5) is 0 Å². The van der Waals surface area contributed by atoms with Crippen LogP contribution in [0.25, 0.3) is 0 Å². The quantitative estimate of drug-likeness (QED) is 0.0467. The lowest BCUT2D eigenvalue weighted by atomic mass is 9.92. The van der Waals surface area contributed by atoms with Gasteiger partial charge in [-0.25, -0.2) is 0 Å².